The molecule has 0 unspecified atom stereocenters. The molecule has 90 valence electrons. The first-order valence-corrected chi connectivity index (χ1v) is 5.56. The Balaban J connectivity index is 2.60. The summed E-state index contributed by atoms with van der Waals surface area (Å²) in [5, 5.41) is 3.11. The molecule has 5 nitrogen and oxygen atoms in total. The molecule has 1 aromatic heterocycles. The Morgan fingerprint density at radius 3 is 2.62 bits per heavy atom. The lowest BCUT2D eigenvalue weighted by Crippen LogP contribution is -2.29. The third-order valence-electron chi connectivity index (χ3n) is 2.25. The number of anilines is 2. The second-order valence-electron chi connectivity index (χ2n) is 3.99. The van der Waals surface area contributed by atoms with Crippen molar-refractivity contribution < 1.29 is 0 Å². The fourth-order valence-corrected chi connectivity index (χ4v) is 1.27. The highest BCUT2D eigenvalue weighted by Crippen LogP contribution is 2.09. The summed E-state index contributed by atoms with van der Waals surface area (Å²) < 4.78 is 0. The van der Waals surface area contributed by atoms with Gasteiger partial charge < -0.3 is 15.1 Å². The predicted molar refractivity (Wildman–Crippen MR) is 68.0 cm³/mol. The third-order valence-corrected chi connectivity index (χ3v) is 2.25. The molecule has 0 bridgehead atoms. The maximum Gasteiger partial charge on any atom is 0.224 e. The average molecular weight is 223 g/mol. The minimum atomic E-state index is 0.691. The number of nitrogens with one attached hydrogen (secondary N) is 1. The van der Waals surface area contributed by atoms with Gasteiger partial charge in [-0.05, 0) is 27.1 Å². The fraction of sp³-hybridized carbons (Fsp3) is 0.636. The molecular formula is C11H21N5. The Morgan fingerprint density at radius 1 is 1.25 bits per heavy atom. The van der Waals surface area contributed by atoms with E-state index in [1.54, 1.807) is 6.20 Å². The van der Waals surface area contributed by atoms with Gasteiger partial charge in [0, 0.05) is 32.9 Å². The van der Waals surface area contributed by atoms with Crippen molar-refractivity contribution in [2.75, 3.05) is 51.0 Å². The van der Waals surface area contributed by atoms with E-state index in [0.717, 1.165) is 25.5 Å². The van der Waals surface area contributed by atoms with Crippen LogP contribution in [0.1, 0.15) is 6.92 Å². The molecule has 1 rings (SSSR count). The van der Waals surface area contributed by atoms with Gasteiger partial charge in [-0.1, -0.05) is 0 Å². The molecule has 0 aliphatic carbocycles. The van der Waals surface area contributed by atoms with Crippen LogP contribution < -0.4 is 10.2 Å². The van der Waals surface area contributed by atoms with Crippen molar-refractivity contribution in [2.45, 2.75) is 6.92 Å². The highest BCUT2D eigenvalue weighted by molar-refractivity contribution is 5.41. The molecule has 1 heterocycles. The second kappa shape index (κ2) is 6.27. The SMILES string of the molecule is CCNc1nccc(N(C)CCN(C)C)n1. The summed E-state index contributed by atoms with van der Waals surface area (Å²) in [4.78, 5) is 12.9. The van der Waals surface area contributed by atoms with E-state index in [9.17, 15) is 0 Å². The van der Waals surface area contributed by atoms with Crippen molar-refractivity contribution >= 4 is 11.8 Å². The zero-order valence-corrected chi connectivity index (χ0v) is 10.6. The Morgan fingerprint density at radius 2 is 2.00 bits per heavy atom. The summed E-state index contributed by atoms with van der Waals surface area (Å²) in [6.45, 7) is 4.84. The molecule has 0 spiro atoms. The second-order valence-corrected chi connectivity index (χ2v) is 3.99. The van der Waals surface area contributed by atoms with Crippen LogP contribution in [0, 0.1) is 0 Å². The average Bonchev–Trinajstić information content (AvgIpc) is 2.26. The molecule has 0 aromatic carbocycles. The van der Waals surface area contributed by atoms with Gasteiger partial charge in [0.1, 0.15) is 5.82 Å². The summed E-state index contributed by atoms with van der Waals surface area (Å²) in [5.74, 6) is 1.64. The zero-order chi connectivity index (χ0) is 12.0. The number of nitrogens with zero attached hydrogens (tertiary/aromatic N) is 4. The molecule has 0 fully saturated rings. The van der Waals surface area contributed by atoms with E-state index in [-0.39, 0.29) is 0 Å². The third kappa shape index (κ3) is 4.02. The summed E-state index contributed by atoms with van der Waals surface area (Å²) in [6.07, 6.45) is 1.78. The number of rotatable bonds is 6. The highest BCUT2D eigenvalue weighted by Gasteiger charge is 2.04. The van der Waals surface area contributed by atoms with Gasteiger partial charge in [0.2, 0.25) is 5.95 Å². The first-order chi connectivity index (χ1) is 7.63. The molecule has 0 atom stereocenters. The van der Waals surface area contributed by atoms with Gasteiger partial charge in [0.25, 0.3) is 0 Å². The van der Waals surface area contributed by atoms with Crippen molar-refractivity contribution in [1.29, 1.82) is 0 Å². The Bertz CT molecular complexity index is 313. The van der Waals surface area contributed by atoms with Gasteiger partial charge in [0.15, 0.2) is 0 Å². The first kappa shape index (κ1) is 12.7. The van der Waals surface area contributed by atoms with E-state index in [1.165, 1.54) is 0 Å². The van der Waals surface area contributed by atoms with Crippen molar-refractivity contribution in [1.82, 2.24) is 14.9 Å². The van der Waals surface area contributed by atoms with Gasteiger partial charge >= 0.3 is 0 Å². The van der Waals surface area contributed by atoms with Crippen LogP contribution in [-0.4, -0.2) is 55.6 Å². The minimum absolute atomic E-state index is 0.691. The van der Waals surface area contributed by atoms with E-state index < -0.39 is 0 Å². The minimum Gasteiger partial charge on any atom is -0.358 e. The topological polar surface area (TPSA) is 44.3 Å². The zero-order valence-electron chi connectivity index (χ0n) is 10.6. The van der Waals surface area contributed by atoms with Crippen molar-refractivity contribution in [3.05, 3.63) is 12.3 Å². The van der Waals surface area contributed by atoms with E-state index in [0.29, 0.717) is 5.95 Å². The number of aromatic nitrogens is 2. The molecule has 0 amide bonds. The molecule has 1 N–H and O–H groups in total. The lowest BCUT2D eigenvalue weighted by atomic mass is 10.4. The smallest absolute Gasteiger partial charge is 0.224 e. The maximum atomic E-state index is 4.43. The summed E-state index contributed by atoms with van der Waals surface area (Å²) in [7, 11) is 6.18. The van der Waals surface area contributed by atoms with E-state index in [4.69, 9.17) is 0 Å². The van der Waals surface area contributed by atoms with Gasteiger partial charge in [-0.25, -0.2) is 4.98 Å². The molecule has 0 radical (unpaired) electrons. The molecule has 0 aliphatic heterocycles. The Labute approximate surface area is 97.5 Å². The van der Waals surface area contributed by atoms with Crippen LogP contribution in [0.5, 0.6) is 0 Å². The maximum absolute atomic E-state index is 4.43. The molecule has 0 saturated carbocycles. The standard InChI is InChI=1S/C11H21N5/c1-5-12-11-13-7-6-10(14-11)16(4)9-8-15(2)3/h6-7H,5,8-9H2,1-4H3,(H,12,13,14). The Kier molecular flexibility index (Phi) is 4.98. The monoisotopic (exact) mass is 223 g/mol. The fourth-order valence-electron chi connectivity index (χ4n) is 1.27. The van der Waals surface area contributed by atoms with Crippen molar-refractivity contribution in [2.24, 2.45) is 0 Å². The Hall–Kier alpha value is -1.36. The van der Waals surface area contributed by atoms with Crippen LogP contribution in [0.3, 0.4) is 0 Å². The number of hydrogen-bond acceptors (Lipinski definition) is 5. The number of likely N-dealkylation sites (N-methyl/N-ethyl adjacent to an activating group) is 2. The predicted octanol–water partition coefficient (Wildman–Crippen LogP) is 0.906. The quantitative estimate of drug-likeness (QED) is 0.776. The summed E-state index contributed by atoms with van der Waals surface area (Å²) in [6, 6.07) is 1.93. The molecular weight excluding hydrogens is 202 g/mol. The number of hydrogen-bond donors (Lipinski definition) is 1. The van der Waals surface area contributed by atoms with Gasteiger partial charge in [-0.15, -0.1) is 0 Å². The molecule has 5 heteroatoms. The van der Waals surface area contributed by atoms with Crippen molar-refractivity contribution in [3.63, 3.8) is 0 Å². The van der Waals surface area contributed by atoms with Crippen LogP contribution in [-0.2, 0) is 0 Å². The van der Waals surface area contributed by atoms with Crippen LogP contribution in [0.15, 0.2) is 12.3 Å². The molecule has 16 heavy (non-hydrogen) atoms. The van der Waals surface area contributed by atoms with Gasteiger partial charge in [-0.3, -0.25) is 0 Å². The molecule has 0 saturated heterocycles. The first-order valence-electron chi connectivity index (χ1n) is 5.56. The highest BCUT2D eigenvalue weighted by atomic mass is 15.2. The van der Waals surface area contributed by atoms with E-state index >= 15 is 0 Å². The largest absolute Gasteiger partial charge is 0.358 e. The summed E-state index contributed by atoms with van der Waals surface area (Å²) in [5.41, 5.74) is 0. The molecule has 1 aromatic rings. The summed E-state index contributed by atoms with van der Waals surface area (Å²) >= 11 is 0. The van der Waals surface area contributed by atoms with Crippen LogP contribution in [0.4, 0.5) is 11.8 Å². The van der Waals surface area contributed by atoms with Crippen LogP contribution in [0.2, 0.25) is 0 Å². The normalized spacial score (nSPS) is 10.6. The van der Waals surface area contributed by atoms with Gasteiger partial charge in [-0.2, -0.15) is 4.98 Å². The van der Waals surface area contributed by atoms with Crippen molar-refractivity contribution in [3.8, 4) is 0 Å². The van der Waals surface area contributed by atoms with E-state index in [2.05, 4.69) is 39.2 Å². The van der Waals surface area contributed by atoms with Crippen LogP contribution >= 0.6 is 0 Å². The van der Waals surface area contributed by atoms with Crippen LogP contribution in [0.25, 0.3) is 0 Å². The lowest BCUT2D eigenvalue weighted by molar-refractivity contribution is 0.416. The lowest BCUT2D eigenvalue weighted by Gasteiger charge is -2.20. The molecule has 0 aliphatic rings. The van der Waals surface area contributed by atoms with Gasteiger partial charge in [0.05, 0.1) is 0 Å². The van der Waals surface area contributed by atoms with E-state index in [1.807, 2.05) is 20.0 Å².